The van der Waals surface area contributed by atoms with Gasteiger partial charge in [0.2, 0.25) is 5.91 Å². The number of aliphatic hydroxyl groups is 1. The monoisotopic (exact) mass is 543 g/mol. The molecule has 4 aliphatic rings. The third-order valence-corrected chi connectivity index (χ3v) is 6.70. The van der Waals surface area contributed by atoms with Crippen LogP contribution in [-0.4, -0.2) is 77.1 Å². The van der Waals surface area contributed by atoms with E-state index in [1.165, 1.54) is 30.8 Å². The highest BCUT2D eigenvalue weighted by Crippen LogP contribution is 2.41. The van der Waals surface area contributed by atoms with Gasteiger partial charge in [-0.1, -0.05) is 11.6 Å². The Kier molecular flexibility index (Phi) is 5.15. The van der Waals surface area contributed by atoms with Crippen molar-refractivity contribution in [1.29, 1.82) is 0 Å². The fraction of sp³-hybridized carbons (Fsp3) is 0.250. The predicted molar refractivity (Wildman–Crippen MR) is 131 cm³/mol. The number of aliphatic hydroxyl groups excluding tert-OH is 1. The lowest BCUT2D eigenvalue weighted by Gasteiger charge is -2.33. The number of amides is 1. The number of rotatable bonds is 4. The number of fused-ring (bicyclic) bond motifs is 1. The number of aliphatic imine (C=N–C) groups is 2. The molecule has 5 heterocycles. The Balaban J connectivity index is 1.42. The highest BCUT2D eigenvalue weighted by molar-refractivity contribution is 6.31. The lowest BCUT2D eigenvalue weighted by Crippen LogP contribution is -2.45. The molecule has 1 aromatic carbocycles. The molecule has 0 radical (unpaired) electrons. The van der Waals surface area contributed by atoms with Crippen LogP contribution in [-0.2, 0) is 4.79 Å². The summed E-state index contributed by atoms with van der Waals surface area (Å²) in [5.41, 5.74) is -1.15. The molecule has 1 fully saturated rings. The van der Waals surface area contributed by atoms with Crippen LogP contribution in [0, 0.1) is 5.82 Å². The van der Waals surface area contributed by atoms with Gasteiger partial charge in [-0.25, -0.2) is 23.8 Å². The van der Waals surface area contributed by atoms with Gasteiger partial charge < -0.3 is 10.0 Å². The smallest absolute Gasteiger partial charge is 0.247 e. The molecule has 38 heavy (non-hydrogen) atoms. The third kappa shape index (κ3) is 3.86. The first kappa shape index (κ1) is 20.9. The number of amidine groups is 1. The molecular formula is C24H19ClF2N8O3. The van der Waals surface area contributed by atoms with Crippen molar-refractivity contribution < 1.29 is 28.0 Å². The zero-order chi connectivity index (χ0) is 29.3. The number of hydrogen-bond acceptors (Lipinski definition) is 9. The van der Waals surface area contributed by atoms with E-state index in [0.29, 0.717) is 5.06 Å². The van der Waals surface area contributed by atoms with Gasteiger partial charge in [-0.15, -0.1) is 5.10 Å². The molecule has 14 heteroatoms. The molecule has 1 saturated heterocycles. The number of nitrogens with zero attached hydrogens (tertiary/aromatic N) is 8. The molecule has 0 saturated carbocycles. The summed E-state index contributed by atoms with van der Waals surface area (Å²) in [6.45, 7) is -0.782. The molecule has 194 valence electrons. The number of hydrogen-bond donors (Lipinski definition) is 2. The standard InChI is InChI=1S/C24H19ClF2N8O3/c25-15-2-4-17(33-11-29-31-32-33)21(23(15)27)12-7-13-1-3-18(35(13)20(37)8-12)24-28-9-16(30-24)14-5-6-34(38)19(10-36)22(14)26/h2,4-6,8-9,11,13,18,36,38H,1,3,7,10H2/t13-,18+/m1/s1/i7D2,13D. The molecule has 0 bridgehead atoms. The van der Waals surface area contributed by atoms with Crippen LogP contribution in [0.1, 0.15) is 28.9 Å². The SMILES string of the molecule is [2H]C1([2H])C(c2c(-n3cnnn3)ccc(Cl)c2F)=CC(=O)N2[C@H](C3=NC(=C4C=CN(O)C(CO)=C4F)C=N3)CC[C@@]21[2H]. The summed E-state index contributed by atoms with van der Waals surface area (Å²) in [6, 6.07) is -0.523. The van der Waals surface area contributed by atoms with Gasteiger partial charge in [0.25, 0.3) is 0 Å². The Bertz CT molecular complexity index is 1670. The summed E-state index contributed by atoms with van der Waals surface area (Å²) in [7, 11) is 0. The van der Waals surface area contributed by atoms with Gasteiger partial charge in [0.15, 0.2) is 17.5 Å². The summed E-state index contributed by atoms with van der Waals surface area (Å²) in [5, 5.41) is 30.0. The number of aromatic nitrogens is 4. The summed E-state index contributed by atoms with van der Waals surface area (Å²) >= 11 is 6.04. The number of benzene rings is 1. The summed E-state index contributed by atoms with van der Waals surface area (Å²) < 4.78 is 58.7. The van der Waals surface area contributed by atoms with E-state index in [4.69, 9.17) is 14.3 Å². The van der Waals surface area contributed by atoms with Gasteiger partial charge in [0.05, 0.1) is 36.6 Å². The summed E-state index contributed by atoms with van der Waals surface area (Å²) in [4.78, 5) is 23.1. The second kappa shape index (κ2) is 9.35. The van der Waals surface area contributed by atoms with Crippen molar-refractivity contribution in [1.82, 2.24) is 30.2 Å². The average Bonchev–Trinajstić information content (AvgIpc) is 3.69. The van der Waals surface area contributed by atoms with Crippen LogP contribution in [0.4, 0.5) is 8.78 Å². The van der Waals surface area contributed by atoms with E-state index in [2.05, 4.69) is 25.5 Å². The predicted octanol–water partition coefficient (Wildman–Crippen LogP) is 2.73. The maximum absolute atomic E-state index is 15.5. The van der Waals surface area contributed by atoms with Crippen molar-refractivity contribution in [2.75, 3.05) is 6.61 Å². The van der Waals surface area contributed by atoms with Crippen molar-refractivity contribution in [3.8, 4) is 5.69 Å². The van der Waals surface area contributed by atoms with E-state index in [0.717, 1.165) is 21.9 Å². The first-order chi connectivity index (χ1) is 19.5. The fourth-order valence-corrected chi connectivity index (χ4v) is 4.80. The Labute approximate surface area is 223 Å². The zero-order valence-electron chi connectivity index (χ0n) is 22.3. The highest BCUT2D eigenvalue weighted by Gasteiger charge is 2.43. The summed E-state index contributed by atoms with van der Waals surface area (Å²) in [5.74, 6) is -2.67. The Morgan fingerprint density at radius 3 is 2.89 bits per heavy atom. The van der Waals surface area contributed by atoms with E-state index >= 15 is 4.39 Å². The number of hydroxylamine groups is 2. The molecule has 4 aliphatic heterocycles. The number of carbonyl (C=O) groups excluding carboxylic acids is 1. The first-order valence-corrected chi connectivity index (χ1v) is 11.7. The van der Waals surface area contributed by atoms with Crippen LogP contribution in [0.25, 0.3) is 11.3 Å². The average molecular weight is 544 g/mol. The van der Waals surface area contributed by atoms with Gasteiger partial charge in [-0.3, -0.25) is 10.0 Å². The molecule has 0 unspecified atom stereocenters. The normalized spacial score (nSPS) is 29.3. The van der Waals surface area contributed by atoms with Gasteiger partial charge in [-0.2, -0.15) is 4.68 Å². The number of carbonyl (C=O) groups is 1. The van der Waals surface area contributed by atoms with Crippen LogP contribution in [0.2, 0.25) is 5.02 Å². The second-order valence-electron chi connectivity index (χ2n) is 8.51. The van der Waals surface area contributed by atoms with E-state index in [1.807, 2.05) is 0 Å². The lowest BCUT2D eigenvalue weighted by atomic mass is 9.92. The highest BCUT2D eigenvalue weighted by atomic mass is 35.5. The Hall–Kier alpha value is -4.07. The molecule has 2 N–H and O–H groups in total. The van der Waals surface area contributed by atoms with Crippen molar-refractivity contribution in [3.63, 3.8) is 0 Å². The Morgan fingerprint density at radius 1 is 1.29 bits per heavy atom. The molecule has 11 nitrogen and oxygen atoms in total. The fourth-order valence-electron chi connectivity index (χ4n) is 4.65. The molecule has 2 aromatic rings. The van der Waals surface area contributed by atoms with Crippen LogP contribution in [0.3, 0.4) is 0 Å². The van der Waals surface area contributed by atoms with E-state index in [-0.39, 0.29) is 46.2 Å². The molecular weight excluding hydrogens is 522 g/mol. The van der Waals surface area contributed by atoms with E-state index < -0.39 is 53.9 Å². The molecule has 2 atom stereocenters. The lowest BCUT2D eigenvalue weighted by molar-refractivity contribution is -0.128. The van der Waals surface area contributed by atoms with E-state index in [1.54, 1.807) is 0 Å². The minimum absolute atomic E-state index is 0.0202. The molecule has 1 amide bonds. The summed E-state index contributed by atoms with van der Waals surface area (Å²) in [6.07, 6.45) is 3.00. The van der Waals surface area contributed by atoms with Gasteiger partial charge in [0, 0.05) is 32.2 Å². The van der Waals surface area contributed by atoms with Crippen molar-refractivity contribution in [2.45, 2.75) is 31.3 Å². The maximum Gasteiger partial charge on any atom is 0.247 e. The first-order valence-electron chi connectivity index (χ1n) is 12.8. The minimum Gasteiger partial charge on any atom is -0.390 e. The van der Waals surface area contributed by atoms with Crippen LogP contribution >= 0.6 is 11.6 Å². The topological polar surface area (TPSA) is 132 Å². The number of halogens is 3. The molecule has 6 rings (SSSR count). The number of tetrazole rings is 1. The molecule has 0 spiro atoms. The largest absolute Gasteiger partial charge is 0.390 e. The van der Waals surface area contributed by atoms with Crippen molar-refractivity contribution in [3.05, 3.63) is 76.0 Å². The molecule has 0 aliphatic carbocycles. The molecule has 1 aromatic heterocycles. The van der Waals surface area contributed by atoms with Crippen molar-refractivity contribution in [2.24, 2.45) is 9.98 Å². The van der Waals surface area contributed by atoms with Crippen molar-refractivity contribution >= 4 is 35.1 Å². The minimum atomic E-state index is -2.62. The van der Waals surface area contributed by atoms with Crippen LogP contribution < -0.4 is 0 Å². The van der Waals surface area contributed by atoms with Gasteiger partial charge in [0.1, 0.15) is 12.0 Å². The van der Waals surface area contributed by atoms with Gasteiger partial charge >= 0.3 is 0 Å². The number of allylic oxidation sites excluding steroid dienone is 4. The zero-order valence-corrected chi connectivity index (χ0v) is 20.0. The second-order valence-corrected chi connectivity index (χ2v) is 8.92. The van der Waals surface area contributed by atoms with E-state index in [9.17, 15) is 20.9 Å². The van der Waals surface area contributed by atoms with Crippen LogP contribution in [0.15, 0.2) is 69.6 Å². The third-order valence-electron chi connectivity index (χ3n) is 6.41. The van der Waals surface area contributed by atoms with Gasteiger partial charge in [-0.05, 0) is 53.4 Å². The maximum atomic E-state index is 15.5. The van der Waals surface area contributed by atoms with Crippen LogP contribution in [0.5, 0.6) is 0 Å². The Morgan fingerprint density at radius 2 is 2.13 bits per heavy atom. The quantitative estimate of drug-likeness (QED) is 0.606.